The molecule has 1 N–H and O–H groups in total. The predicted octanol–water partition coefficient (Wildman–Crippen LogP) is 5.60. The van der Waals surface area contributed by atoms with Crippen LogP contribution in [0.15, 0.2) is 79.0 Å². The molecule has 0 saturated carbocycles. The zero-order valence-corrected chi connectivity index (χ0v) is 18.6. The van der Waals surface area contributed by atoms with Gasteiger partial charge in [-0.25, -0.2) is 0 Å². The van der Waals surface area contributed by atoms with Gasteiger partial charge < -0.3 is 10.1 Å². The number of hydrogen-bond acceptors (Lipinski definition) is 4. The van der Waals surface area contributed by atoms with Crippen LogP contribution in [0.2, 0.25) is 0 Å². The first-order valence-electron chi connectivity index (χ1n) is 11.0. The molecule has 6 nitrogen and oxygen atoms in total. The number of fused-ring (bicyclic) bond motifs is 3. The summed E-state index contributed by atoms with van der Waals surface area (Å²) in [7, 11) is 0. The maximum atomic E-state index is 12.9. The largest absolute Gasteiger partial charge is 0.494 e. The molecule has 1 amide bonds. The second-order valence-corrected chi connectivity index (χ2v) is 7.92. The van der Waals surface area contributed by atoms with Crippen LogP contribution in [0.4, 0.5) is 5.69 Å². The standard InChI is InChI=1S/C27H24N4O2/c1-3-33-21-12-10-19(11-13-21)26-23-16-28-24-14-9-18(2)15-22(24)27(23)31(30-26)17-25(32)29-20-7-5-4-6-8-20/h4-16H,3,17H2,1-2H3,(H,29,32). The minimum absolute atomic E-state index is 0.0927. The molecule has 2 aromatic heterocycles. The summed E-state index contributed by atoms with van der Waals surface area (Å²) in [6, 6.07) is 23.4. The van der Waals surface area contributed by atoms with Crippen molar-refractivity contribution in [3.63, 3.8) is 0 Å². The lowest BCUT2D eigenvalue weighted by Gasteiger charge is -2.08. The molecule has 0 bridgehead atoms. The number of carbonyl (C=O) groups excluding carboxylic acids is 1. The second-order valence-electron chi connectivity index (χ2n) is 7.92. The smallest absolute Gasteiger partial charge is 0.246 e. The molecule has 0 fully saturated rings. The van der Waals surface area contributed by atoms with Gasteiger partial charge in [-0.3, -0.25) is 14.5 Å². The molecule has 33 heavy (non-hydrogen) atoms. The Morgan fingerprint density at radius 1 is 1.00 bits per heavy atom. The summed E-state index contributed by atoms with van der Waals surface area (Å²) >= 11 is 0. The maximum absolute atomic E-state index is 12.9. The molecule has 0 radical (unpaired) electrons. The Morgan fingerprint density at radius 2 is 1.79 bits per heavy atom. The van der Waals surface area contributed by atoms with Crippen molar-refractivity contribution in [1.82, 2.24) is 14.8 Å². The number of hydrogen-bond donors (Lipinski definition) is 1. The van der Waals surface area contributed by atoms with E-state index in [4.69, 9.17) is 9.84 Å². The highest BCUT2D eigenvalue weighted by atomic mass is 16.5. The van der Waals surface area contributed by atoms with E-state index >= 15 is 0 Å². The Balaban J connectivity index is 1.62. The third-order valence-electron chi connectivity index (χ3n) is 5.52. The number of ether oxygens (including phenoxy) is 1. The summed E-state index contributed by atoms with van der Waals surface area (Å²) in [5.41, 5.74) is 5.39. The number of benzene rings is 3. The van der Waals surface area contributed by atoms with E-state index in [1.165, 1.54) is 0 Å². The van der Waals surface area contributed by atoms with Gasteiger partial charge in [0.15, 0.2) is 0 Å². The van der Waals surface area contributed by atoms with Crippen LogP contribution in [-0.2, 0) is 11.3 Å². The van der Waals surface area contributed by atoms with E-state index in [-0.39, 0.29) is 12.5 Å². The van der Waals surface area contributed by atoms with Crippen LogP contribution < -0.4 is 10.1 Å². The summed E-state index contributed by atoms with van der Waals surface area (Å²) in [5.74, 6) is 0.674. The van der Waals surface area contributed by atoms with E-state index in [1.54, 1.807) is 4.68 Å². The van der Waals surface area contributed by atoms with Gasteiger partial charge in [-0.05, 0) is 62.4 Å². The fourth-order valence-electron chi connectivity index (χ4n) is 4.03. The number of pyridine rings is 1. The molecule has 0 spiro atoms. The molecule has 5 aromatic rings. The highest BCUT2D eigenvalue weighted by molar-refractivity contribution is 6.08. The normalized spacial score (nSPS) is 11.1. The lowest BCUT2D eigenvalue weighted by atomic mass is 10.1. The van der Waals surface area contributed by atoms with Crippen molar-refractivity contribution in [2.75, 3.05) is 11.9 Å². The van der Waals surface area contributed by atoms with Gasteiger partial charge in [0.2, 0.25) is 5.91 Å². The Morgan fingerprint density at radius 3 is 2.55 bits per heavy atom. The van der Waals surface area contributed by atoms with Gasteiger partial charge in [-0.2, -0.15) is 5.10 Å². The molecule has 5 rings (SSSR count). The van der Waals surface area contributed by atoms with E-state index in [0.717, 1.165) is 50.1 Å². The monoisotopic (exact) mass is 436 g/mol. The van der Waals surface area contributed by atoms with Crippen LogP contribution in [0.1, 0.15) is 12.5 Å². The number of aromatic nitrogens is 3. The molecule has 164 valence electrons. The Labute approximate surface area is 191 Å². The first-order valence-corrected chi connectivity index (χ1v) is 11.0. The molecule has 0 saturated heterocycles. The molecule has 0 aliphatic carbocycles. The predicted molar refractivity (Wildman–Crippen MR) is 131 cm³/mol. The Kier molecular flexibility index (Phi) is 5.48. The quantitative estimate of drug-likeness (QED) is 0.376. The molecule has 0 aliphatic heterocycles. The fourth-order valence-corrected chi connectivity index (χ4v) is 4.03. The highest BCUT2D eigenvalue weighted by Gasteiger charge is 2.18. The first kappa shape index (κ1) is 20.7. The van der Waals surface area contributed by atoms with Crippen LogP contribution in [0.25, 0.3) is 33.1 Å². The minimum Gasteiger partial charge on any atom is -0.494 e. The van der Waals surface area contributed by atoms with Crippen molar-refractivity contribution in [1.29, 1.82) is 0 Å². The zero-order valence-electron chi connectivity index (χ0n) is 18.6. The maximum Gasteiger partial charge on any atom is 0.246 e. The number of amides is 1. The number of para-hydroxylation sites is 1. The van der Waals surface area contributed by atoms with Gasteiger partial charge in [0, 0.05) is 28.2 Å². The Hall–Kier alpha value is -4.19. The lowest BCUT2D eigenvalue weighted by Crippen LogP contribution is -2.19. The van der Waals surface area contributed by atoms with Gasteiger partial charge >= 0.3 is 0 Å². The lowest BCUT2D eigenvalue weighted by molar-refractivity contribution is -0.116. The molecule has 3 aromatic carbocycles. The van der Waals surface area contributed by atoms with Crippen LogP contribution in [0.5, 0.6) is 5.75 Å². The van der Waals surface area contributed by atoms with Crippen molar-refractivity contribution in [2.24, 2.45) is 0 Å². The number of carbonyl (C=O) groups is 1. The Bertz CT molecular complexity index is 1440. The minimum atomic E-state index is -0.138. The third kappa shape index (κ3) is 4.15. The number of rotatable bonds is 6. The van der Waals surface area contributed by atoms with Gasteiger partial charge in [0.05, 0.1) is 17.6 Å². The van der Waals surface area contributed by atoms with Crippen molar-refractivity contribution in [3.8, 4) is 17.0 Å². The van der Waals surface area contributed by atoms with E-state index in [0.29, 0.717) is 6.61 Å². The van der Waals surface area contributed by atoms with Crippen molar-refractivity contribution in [3.05, 3.63) is 84.6 Å². The van der Waals surface area contributed by atoms with Gasteiger partial charge in [0.25, 0.3) is 0 Å². The zero-order chi connectivity index (χ0) is 22.8. The molecule has 0 aliphatic rings. The average Bonchev–Trinajstić information content (AvgIpc) is 3.19. The van der Waals surface area contributed by atoms with Gasteiger partial charge in [0.1, 0.15) is 18.0 Å². The van der Waals surface area contributed by atoms with Crippen LogP contribution in [0, 0.1) is 6.92 Å². The van der Waals surface area contributed by atoms with Crippen LogP contribution in [-0.4, -0.2) is 27.3 Å². The van der Waals surface area contributed by atoms with Crippen molar-refractivity contribution < 1.29 is 9.53 Å². The van der Waals surface area contributed by atoms with E-state index in [1.807, 2.05) is 79.9 Å². The van der Waals surface area contributed by atoms with Crippen molar-refractivity contribution in [2.45, 2.75) is 20.4 Å². The fraction of sp³-hybridized carbons (Fsp3) is 0.148. The summed E-state index contributed by atoms with van der Waals surface area (Å²) in [6.07, 6.45) is 1.84. The van der Waals surface area contributed by atoms with E-state index in [9.17, 15) is 4.79 Å². The molecule has 0 atom stereocenters. The molecule has 6 heteroatoms. The average molecular weight is 437 g/mol. The van der Waals surface area contributed by atoms with Crippen LogP contribution >= 0.6 is 0 Å². The van der Waals surface area contributed by atoms with Crippen LogP contribution in [0.3, 0.4) is 0 Å². The second kappa shape index (κ2) is 8.74. The highest BCUT2D eigenvalue weighted by Crippen LogP contribution is 2.33. The summed E-state index contributed by atoms with van der Waals surface area (Å²) in [6.45, 7) is 4.72. The third-order valence-corrected chi connectivity index (χ3v) is 5.52. The first-order chi connectivity index (χ1) is 16.1. The number of nitrogens with one attached hydrogen (secondary N) is 1. The summed E-state index contributed by atoms with van der Waals surface area (Å²) < 4.78 is 7.36. The molecule has 2 heterocycles. The SMILES string of the molecule is CCOc1ccc(-c2nn(CC(=O)Nc3ccccc3)c3c2cnc2ccc(C)cc23)cc1. The van der Waals surface area contributed by atoms with Gasteiger partial charge in [-0.1, -0.05) is 29.8 Å². The van der Waals surface area contributed by atoms with Crippen molar-refractivity contribution >= 4 is 33.4 Å². The summed E-state index contributed by atoms with van der Waals surface area (Å²) in [4.78, 5) is 17.6. The number of aryl methyl sites for hydroxylation is 1. The molecular weight excluding hydrogens is 412 g/mol. The van der Waals surface area contributed by atoms with Gasteiger partial charge in [-0.15, -0.1) is 0 Å². The van der Waals surface area contributed by atoms with E-state index in [2.05, 4.69) is 23.3 Å². The summed E-state index contributed by atoms with van der Waals surface area (Å²) in [5, 5.41) is 9.71. The molecular formula is C27H24N4O2. The number of anilines is 1. The van der Waals surface area contributed by atoms with E-state index < -0.39 is 0 Å². The topological polar surface area (TPSA) is 69.0 Å². The number of nitrogens with zero attached hydrogens (tertiary/aromatic N) is 3. The molecule has 0 unspecified atom stereocenters.